The number of anilines is 1. The van der Waals surface area contributed by atoms with Gasteiger partial charge in [-0.05, 0) is 24.8 Å². The summed E-state index contributed by atoms with van der Waals surface area (Å²) >= 11 is 0. The molecule has 178 valence electrons. The molecule has 1 atom stereocenters. The molecule has 0 aromatic carbocycles. The van der Waals surface area contributed by atoms with Gasteiger partial charge in [-0.25, -0.2) is 23.4 Å². The first kappa shape index (κ1) is 18.2. The first-order valence-corrected chi connectivity index (χ1v) is 11.4. The van der Waals surface area contributed by atoms with Crippen molar-refractivity contribution in [3.63, 3.8) is 0 Å². The Bertz CT molecular complexity index is 1340. The number of methoxy groups -OCH3 is 1. The summed E-state index contributed by atoms with van der Waals surface area (Å²) in [6, 6.07) is 1.53. The number of rotatable bonds is 9. The van der Waals surface area contributed by atoms with Crippen LogP contribution < -0.4 is 15.4 Å². The van der Waals surface area contributed by atoms with E-state index in [4.69, 9.17) is 11.6 Å². The smallest absolute Gasteiger partial charge is 0.434 e. The van der Waals surface area contributed by atoms with Crippen LogP contribution in [-0.2, 0) is 22.5 Å². The molecule has 1 aliphatic rings. The van der Waals surface area contributed by atoms with Gasteiger partial charge in [0.2, 0.25) is 5.88 Å². The second-order valence-corrected chi connectivity index (χ2v) is 9.08. The highest BCUT2D eigenvalue weighted by Crippen LogP contribution is 2.34. The third-order valence-electron chi connectivity index (χ3n) is 4.42. The Balaban J connectivity index is 2.00. The van der Waals surface area contributed by atoms with Gasteiger partial charge in [0.1, 0.15) is 0 Å². The number of ether oxygens (including phenoxy) is 1. The van der Waals surface area contributed by atoms with Gasteiger partial charge in [0, 0.05) is 29.9 Å². The van der Waals surface area contributed by atoms with E-state index in [1.165, 1.54) is 12.1 Å². The van der Waals surface area contributed by atoms with Crippen LogP contribution in [0.3, 0.4) is 0 Å². The quantitative estimate of drug-likeness (QED) is 0.550. The molecule has 2 N–H and O–H groups in total. The summed E-state index contributed by atoms with van der Waals surface area (Å²) in [4.78, 5) is 23.6. The van der Waals surface area contributed by atoms with Gasteiger partial charge in [0.15, 0.2) is 27.0 Å². The molecule has 0 saturated heterocycles. The Morgan fingerprint density at radius 3 is 2.82 bits per heavy atom. The van der Waals surface area contributed by atoms with E-state index in [0.717, 1.165) is 23.9 Å². The molecule has 13 heteroatoms. The van der Waals surface area contributed by atoms with Gasteiger partial charge in [-0.15, -0.1) is 0 Å². The molecule has 1 saturated carbocycles. The van der Waals surface area contributed by atoms with E-state index in [1.807, 2.05) is 0 Å². The molecule has 33 heavy (non-hydrogen) atoms. The Hall–Kier alpha value is -3.22. The van der Waals surface area contributed by atoms with Crippen molar-refractivity contribution in [3.05, 3.63) is 53.0 Å². The topological polar surface area (TPSA) is 123 Å². The molecule has 1 amide bonds. The monoisotopic (exact) mass is 490 g/mol. The zero-order valence-electron chi connectivity index (χ0n) is 22.0. The molecule has 9 nitrogen and oxygen atoms in total. The number of carbonyl (C=O) groups excluding carboxylic acids is 1. The fourth-order valence-corrected chi connectivity index (χ4v) is 3.15. The third-order valence-corrected chi connectivity index (χ3v) is 5.07. The molecular weight excluding hydrogens is 463 g/mol. The number of halogens is 3. The number of nitrogens with zero attached hydrogens (tertiary/aromatic N) is 3. The highest BCUT2D eigenvalue weighted by atomic mass is 32.2. The molecule has 1 aliphatic carbocycles. The first-order valence-electron chi connectivity index (χ1n) is 11.9. The van der Waals surface area contributed by atoms with Crippen LogP contribution in [0.1, 0.15) is 41.4 Å². The highest BCUT2D eigenvalue weighted by molar-refractivity contribution is 7.93. The highest BCUT2D eigenvalue weighted by Gasteiger charge is 2.35. The van der Waals surface area contributed by atoms with E-state index in [0.29, 0.717) is 19.0 Å². The average Bonchev–Trinajstić information content (AvgIpc) is 3.59. The zero-order chi connectivity index (χ0) is 28.5. The maximum absolute atomic E-state index is 13.4. The van der Waals surface area contributed by atoms with E-state index >= 15 is 0 Å². The maximum Gasteiger partial charge on any atom is 0.434 e. The molecule has 1 fully saturated rings. The van der Waals surface area contributed by atoms with Crippen LogP contribution >= 0.6 is 0 Å². The fraction of sp³-hybridized carbons (Fsp3) is 0.400. The van der Waals surface area contributed by atoms with Crippen LogP contribution in [0.15, 0.2) is 36.0 Å². The van der Waals surface area contributed by atoms with E-state index in [1.54, 1.807) is 0 Å². The summed E-state index contributed by atoms with van der Waals surface area (Å²) < 4.78 is 106. The number of pyridine rings is 1. The molecule has 0 bridgehead atoms. The van der Waals surface area contributed by atoms with Gasteiger partial charge in [-0.3, -0.25) is 4.79 Å². The summed E-state index contributed by atoms with van der Waals surface area (Å²) in [6.07, 6.45) is -0.0691. The lowest BCUT2D eigenvalue weighted by molar-refractivity contribution is -0.141. The molecule has 0 radical (unpaired) electrons. The van der Waals surface area contributed by atoms with E-state index in [-0.39, 0.29) is 5.92 Å². The van der Waals surface area contributed by atoms with Crippen molar-refractivity contribution < 1.29 is 38.0 Å². The van der Waals surface area contributed by atoms with E-state index in [2.05, 4.69) is 25.6 Å². The molecule has 2 aromatic heterocycles. The molecule has 2 aromatic rings. The van der Waals surface area contributed by atoms with Gasteiger partial charge in [0.05, 0.1) is 26.1 Å². The Morgan fingerprint density at radius 2 is 2.18 bits per heavy atom. The first-order chi connectivity index (χ1) is 17.4. The second kappa shape index (κ2) is 9.73. The fourth-order valence-electron chi connectivity index (χ4n) is 2.70. The number of hydrogen-bond acceptors (Lipinski definition) is 8. The van der Waals surface area contributed by atoms with Gasteiger partial charge in [-0.2, -0.15) is 13.2 Å². The number of amides is 1. The van der Waals surface area contributed by atoms with Crippen molar-refractivity contribution in [1.82, 2.24) is 20.3 Å². The lowest BCUT2D eigenvalue weighted by Crippen LogP contribution is -2.36. The summed E-state index contributed by atoms with van der Waals surface area (Å²) in [6.45, 7) is -2.85. The number of alkyl halides is 3. The van der Waals surface area contributed by atoms with Crippen molar-refractivity contribution in [3.8, 4) is 5.88 Å². The van der Waals surface area contributed by atoms with Crippen LogP contribution in [-0.4, -0.2) is 48.6 Å². The van der Waals surface area contributed by atoms with Gasteiger partial charge in [0.25, 0.3) is 5.91 Å². The Labute approximate surface area is 195 Å². The standard InChI is InChI=1S/C20H22F3N5O4S/c1-32-19-13(4-3-8-24-19)10-26-17-16(25-11-15(28-17)20(21,22)23)18(29)27-14(12-5-6-12)7-9-33(2,30)31/h3-4,7-9,11-12,14H,5-6,10H2,1-2H3,(H,26,28)(H,27,29)/b9-7+/t14-/m1/s1/i1D3,10D2. The minimum atomic E-state index is -5.00. The molecule has 2 heterocycles. The van der Waals surface area contributed by atoms with Crippen LogP contribution in [0.2, 0.25) is 0 Å². The van der Waals surface area contributed by atoms with Crippen LogP contribution in [0.25, 0.3) is 0 Å². The largest absolute Gasteiger partial charge is 0.481 e. The lowest BCUT2D eigenvalue weighted by Gasteiger charge is -2.17. The average molecular weight is 491 g/mol. The van der Waals surface area contributed by atoms with E-state index < -0.39 is 70.1 Å². The van der Waals surface area contributed by atoms with Gasteiger partial charge < -0.3 is 15.4 Å². The number of sulfone groups is 1. The summed E-state index contributed by atoms with van der Waals surface area (Å²) in [5.74, 6) is -2.75. The minimum Gasteiger partial charge on any atom is -0.481 e. The SMILES string of the molecule is [2H]C([2H])([2H])Oc1ncccc1C([2H])([2H])Nc1nc(C(F)(F)F)cnc1C(=O)N[C@H](/C=C/S(C)(=O)=O)C1CC1. The molecule has 0 aliphatic heterocycles. The number of hydrogen-bond donors (Lipinski definition) is 2. The molecule has 0 unspecified atom stereocenters. The zero-order valence-corrected chi connectivity index (χ0v) is 17.9. The number of carbonyl (C=O) groups is 1. The van der Waals surface area contributed by atoms with Crippen LogP contribution in [0.5, 0.6) is 5.88 Å². The Kier molecular flexibility index (Phi) is 5.38. The van der Waals surface area contributed by atoms with Crippen LogP contribution in [0, 0.1) is 5.92 Å². The summed E-state index contributed by atoms with van der Waals surface area (Å²) in [5, 5.41) is 5.46. The van der Waals surface area contributed by atoms with Crippen molar-refractivity contribution in [2.45, 2.75) is 31.6 Å². The number of nitrogens with one attached hydrogen (secondary N) is 2. The van der Waals surface area contributed by atoms with Crippen molar-refractivity contribution in [1.29, 1.82) is 0 Å². The predicted molar refractivity (Wildman–Crippen MR) is 113 cm³/mol. The van der Waals surface area contributed by atoms with Crippen molar-refractivity contribution >= 4 is 21.6 Å². The summed E-state index contributed by atoms with van der Waals surface area (Å²) in [7, 11) is -6.55. The normalized spacial score (nSPS) is 18.4. The molecule has 3 rings (SSSR count). The molecule has 0 spiro atoms. The summed E-state index contributed by atoms with van der Waals surface area (Å²) in [5.41, 5.74) is -2.76. The second-order valence-electron chi connectivity index (χ2n) is 7.15. The number of aromatic nitrogens is 3. The maximum atomic E-state index is 13.4. The van der Waals surface area contributed by atoms with Crippen molar-refractivity contribution in [2.75, 3.05) is 18.6 Å². The van der Waals surface area contributed by atoms with Crippen molar-refractivity contribution in [2.24, 2.45) is 5.92 Å². The minimum absolute atomic E-state index is 0.114. The Morgan fingerprint density at radius 1 is 1.42 bits per heavy atom. The molecular formula is C20H22F3N5O4S. The van der Waals surface area contributed by atoms with Gasteiger partial charge in [-0.1, -0.05) is 12.1 Å². The third kappa shape index (κ3) is 6.88. The van der Waals surface area contributed by atoms with E-state index in [9.17, 15) is 26.4 Å². The van der Waals surface area contributed by atoms with Gasteiger partial charge >= 0.3 is 6.18 Å². The predicted octanol–water partition coefficient (Wildman–Crippen LogP) is 2.58. The van der Waals surface area contributed by atoms with Crippen LogP contribution in [0.4, 0.5) is 19.0 Å². The lowest BCUT2D eigenvalue weighted by atomic mass is 10.2.